The van der Waals surface area contributed by atoms with E-state index in [1.807, 2.05) is 13.8 Å². The molecule has 0 spiro atoms. The van der Waals surface area contributed by atoms with Crippen LogP contribution < -0.4 is 14.2 Å². The molecule has 9 heteroatoms. The molecular weight excluding hydrogens is 374 g/mol. The van der Waals surface area contributed by atoms with E-state index in [1.54, 1.807) is 30.3 Å². The third-order valence-electron chi connectivity index (χ3n) is 3.94. The molecule has 0 unspecified atom stereocenters. The van der Waals surface area contributed by atoms with E-state index in [0.29, 0.717) is 17.2 Å². The SMILES string of the molecule is COc1cc(NS(=O)(=O)c2ccc(-c3n[nH]c(C)c3C)s2)cc(OC)c1. The maximum atomic E-state index is 12.7. The Labute approximate surface area is 156 Å². The standard InChI is InChI=1S/C17H19N3O4S2/c1-10-11(2)18-19-17(10)15-5-6-16(25-15)26(21,22)20-12-7-13(23-3)9-14(8-12)24-4/h5-9,20H,1-4H3,(H,18,19). The van der Waals surface area contributed by atoms with Crippen molar-refractivity contribution in [1.29, 1.82) is 0 Å². The highest BCUT2D eigenvalue weighted by atomic mass is 32.2. The number of aromatic amines is 1. The molecule has 0 bridgehead atoms. The Balaban J connectivity index is 1.91. The van der Waals surface area contributed by atoms with Crippen LogP contribution in [0.1, 0.15) is 11.3 Å². The number of nitrogens with zero attached hydrogens (tertiary/aromatic N) is 1. The van der Waals surface area contributed by atoms with E-state index in [1.165, 1.54) is 14.2 Å². The number of hydrogen-bond acceptors (Lipinski definition) is 6. The first-order valence-corrected chi connectivity index (χ1v) is 10.0. The molecule has 7 nitrogen and oxygen atoms in total. The van der Waals surface area contributed by atoms with Crippen LogP contribution >= 0.6 is 11.3 Å². The van der Waals surface area contributed by atoms with Crippen LogP contribution in [0.15, 0.2) is 34.5 Å². The lowest BCUT2D eigenvalue weighted by molar-refractivity contribution is 0.395. The molecule has 0 fully saturated rings. The number of aromatic nitrogens is 2. The Hall–Kier alpha value is -2.52. The summed E-state index contributed by atoms with van der Waals surface area (Å²) >= 11 is 1.16. The van der Waals surface area contributed by atoms with E-state index in [0.717, 1.165) is 33.2 Å². The predicted octanol–water partition coefficient (Wildman–Crippen LogP) is 3.57. The highest BCUT2D eigenvalue weighted by Gasteiger charge is 2.20. The molecule has 0 amide bonds. The molecule has 2 N–H and O–H groups in total. The number of sulfonamides is 1. The summed E-state index contributed by atoms with van der Waals surface area (Å²) in [5.74, 6) is 0.994. The maximum absolute atomic E-state index is 12.7. The van der Waals surface area contributed by atoms with E-state index in [9.17, 15) is 8.42 Å². The Morgan fingerprint density at radius 3 is 2.27 bits per heavy atom. The predicted molar refractivity (Wildman–Crippen MR) is 102 cm³/mol. The van der Waals surface area contributed by atoms with Crippen LogP contribution in [0.4, 0.5) is 5.69 Å². The maximum Gasteiger partial charge on any atom is 0.271 e. The summed E-state index contributed by atoms with van der Waals surface area (Å²) in [5, 5.41) is 7.16. The number of benzene rings is 1. The fourth-order valence-corrected chi connectivity index (χ4v) is 4.78. The Bertz CT molecular complexity index is 1020. The number of methoxy groups -OCH3 is 2. The van der Waals surface area contributed by atoms with Gasteiger partial charge in [-0.1, -0.05) is 0 Å². The van der Waals surface area contributed by atoms with Crippen molar-refractivity contribution in [2.24, 2.45) is 0 Å². The topological polar surface area (TPSA) is 93.3 Å². The molecule has 0 saturated carbocycles. The van der Waals surface area contributed by atoms with Crippen molar-refractivity contribution in [2.45, 2.75) is 18.1 Å². The van der Waals surface area contributed by atoms with Crippen molar-refractivity contribution < 1.29 is 17.9 Å². The molecule has 1 aromatic carbocycles. The van der Waals surface area contributed by atoms with Gasteiger partial charge in [-0.3, -0.25) is 9.82 Å². The number of anilines is 1. The number of ether oxygens (including phenoxy) is 2. The first-order chi connectivity index (χ1) is 12.3. The summed E-state index contributed by atoms with van der Waals surface area (Å²) < 4.78 is 38.6. The summed E-state index contributed by atoms with van der Waals surface area (Å²) in [6.07, 6.45) is 0. The van der Waals surface area contributed by atoms with E-state index >= 15 is 0 Å². The van der Waals surface area contributed by atoms with Crippen LogP contribution in [0.3, 0.4) is 0 Å². The summed E-state index contributed by atoms with van der Waals surface area (Å²) in [6, 6.07) is 8.19. The van der Waals surface area contributed by atoms with Gasteiger partial charge in [0, 0.05) is 23.9 Å². The van der Waals surface area contributed by atoms with E-state index < -0.39 is 10.0 Å². The highest BCUT2D eigenvalue weighted by molar-refractivity contribution is 7.94. The molecule has 0 aliphatic rings. The first-order valence-electron chi connectivity index (χ1n) is 7.71. The fourth-order valence-electron chi connectivity index (χ4n) is 2.39. The van der Waals surface area contributed by atoms with E-state index in [2.05, 4.69) is 14.9 Å². The van der Waals surface area contributed by atoms with Gasteiger partial charge in [0.15, 0.2) is 0 Å². The Morgan fingerprint density at radius 1 is 1.08 bits per heavy atom. The number of rotatable bonds is 6. The summed E-state index contributed by atoms with van der Waals surface area (Å²) in [5.41, 5.74) is 3.08. The number of nitrogens with one attached hydrogen (secondary N) is 2. The van der Waals surface area contributed by atoms with Crippen LogP contribution in [0.5, 0.6) is 11.5 Å². The van der Waals surface area contributed by atoms with Gasteiger partial charge in [0.05, 0.1) is 24.8 Å². The number of thiophene rings is 1. The zero-order chi connectivity index (χ0) is 18.9. The van der Waals surface area contributed by atoms with Crippen molar-refractivity contribution in [3.8, 4) is 22.1 Å². The number of aryl methyl sites for hydroxylation is 1. The minimum atomic E-state index is -3.74. The summed E-state index contributed by atoms with van der Waals surface area (Å²) in [7, 11) is -0.724. The smallest absolute Gasteiger partial charge is 0.271 e. The minimum absolute atomic E-state index is 0.203. The van der Waals surface area contributed by atoms with Gasteiger partial charge < -0.3 is 9.47 Å². The van der Waals surface area contributed by atoms with Crippen molar-refractivity contribution in [3.63, 3.8) is 0 Å². The van der Waals surface area contributed by atoms with Crippen LogP contribution in [0.2, 0.25) is 0 Å². The molecule has 0 aliphatic carbocycles. The molecule has 3 aromatic rings. The lowest BCUT2D eigenvalue weighted by Gasteiger charge is -2.10. The van der Waals surface area contributed by atoms with Crippen molar-refractivity contribution in [3.05, 3.63) is 41.6 Å². The van der Waals surface area contributed by atoms with Crippen molar-refractivity contribution in [1.82, 2.24) is 10.2 Å². The molecule has 2 heterocycles. The summed E-state index contributed by atoms with van der Waals surface area (Å²) in [6.45, 7) is 3.87. The van der Waals surface area contributed by atoms with Gasteiger partial charge in [0.25, 0.3) is 10.0 Å². The third-order valence-corrected chi connectivity index (χ3v) is 6.90. The van der Waals surface area contributed by atoms with Crippen LogP contribution in [-0.2, 0) is 10.0 Å². The zero-order valence-corrected chi connectivity index (χ0v) is 16.4. The molecule has 26 heavy (non-hydrogen) atoms. The molecule has 0 saturated heterocycles. The average Bonchev–Trinajstić information content (AvgIpc) is 3.22. The second-order valence-corrected chi connectivity index (χ2v) is 8.64. The lowest BCUT2D eigenvalue weighted by atomic mass is 10.2. The van der Waals surface area contributed by atoms with Gasteiger partial charge in [0.1, 0.15) is 21.4 Å². The van der Waals surface area contributed by atoms with Gasteiger partial charge in [0.2, 0.25) is 0 Å². The lowest BCUT2D eigenvalue weighted by Crippen LogP contribution is -2.11. The van der Waals surface area contributed by atoms with Crippen molar-refractivity contribution in [2.75, 3.05) is 18.9 Å². The van der Waals surface area contributed by atoms with Gasteiger partial charge in [-0.2, -0.15) is 5.10 Å². The largest absolute Gasteiger partial charge is 0.497 e. The van der Waals surface area contributed by atoms with Gasteiger partial charge in [-0.05, 0) is 31.5 Å². The van der Waals surface area contributed by atoms with Gasteiger partial charge >= 0.3 is 0 Å². The van der Waals surface area contributed by atoms with Gasteiger partial charge in [-0.25, -0.2) is 8.42 Å². The average molecular weight is 393 g/mol. The van der Waals surface area contributed by atoms with E-state index in [-0.39, 0.29) is 4.21 Å². The molecule has 138 valence electrons. The molecular formula is C17H19N3O4S2. The van der Waals surface area contributed by atoms with Crippen molar-refractivity contribution >= 4 is 27.0 Å². The summed E-state index contributed by atoms with van der Waals surface area (Å²) in [4.78, 5) is 0.787. The first kappa shape index (κ1) is 18.3. The second-order valence-electron chi connectivity index (χ2n) is 5.65. The highest BCUT2D eigenvalue weighted by Crippen LogP contribution is 2.34. The fraction of sp³-hybridized carbons (Fsp3) is 0.235. The molecule has 3 rings (SSSR count). The molecule has 0 radical (unpaired) electrons. The monoisotopic (exact) mass is 393 g/mol. The van der Waals surface area contributed by atoms with Crippen LogP contribution in [0.25, 0.3) is 10.6 Å². The normalized spacial score (nSPS) is 11.4. The van der Waals surface area contributed by atoms with Crippen LogP contribution in [-0.4, -0.2) is 32.8 Å². The molecule has 0 aliphatic heterocycles. The molecule has 0 atom stereocenters. The van der Waals surface area contributed by atoms with E-state index in [4.69, 9.17) is 9.47 Å². The Morgan fingerprint density at radius 2 is 1.73 bits per heavy atom. The van der Waals surface area contributed by atoms with Crippen LogP contribution in [0, 0.1) is 13.8 Å². The Kier molecular flexibility index (Phi) is 4.92. The second kappa shape index (κ2) is 7.00. The van der Waals surface area contributed by atoms with Gasteiger partial charge in [-0.15, -0.1) is 11.3 Å². The zero-order valence-electron chi connectivity index (χ0n) is 14.8. The minimum Gasteiger partial charge on any atom is -0.497 e. The number of H-pyrrole nitrogens is 1. The third kappa shape index (κ3) is 3.54. The molecule has 2 aromatic heterocycles. The quantitative estimate of drug-likeness (QED) is 0.668. The number of hydrogen-bond donors (Lipinski definition) is 2.